The van der Waals surface area contributed by atoms with Crippen LogP contribution < -0.4 is 5.32 Å². The molecule has 1 fully saturated rings. The third kappa shape index (κ3) is 11.2. The van der Waals surface area contributed by atoms with E-state index in [1.807, 2.05) is 7.05 Å². The highest BCUT2D eigenvalue weighted by molar-refractivity contribution is 14.0. The van der Waals surface area contributed by atoms with E-state index in [2.05, 4.69) is 48.1 Å². The maximum absolute atomic E-state index is 5.68. The molecule has 0 unspecified atom stereocenters. The Morgan fingerprint density at radius 2 is 1.91 bits per heavy atom. The van der Waals surface area contributed by atoms with Crippen molar-refractivity contribution < 1.29 is 4.74 Å². The third-order valence-electron chi connectivity index (χ3n) is 4.30. The third-order valence-corrected chi connectivity index (χ3v) is 4.30. The number of hydrogen-bond donors (Lipinski definition) is 1. The van der Waals surface area contributed by atoms with Crippen LogP contribution in [0.1, 0.15) is 39.5 Å². The number of unbranched alkanes of at least 4 members (excludes halogenated alkanes) is 1. The molecule has 0 saturated heterocycles. The second kappa shape index (κ2) is 13.2. The molecule has 0 aliphatic heterocycles. The van der Waals surface area contributed by atoms with Gasteiger partial charge < -0.3 is 19.9 Å². The number of nitrogens with zero attached hydrogens (tertiary/aromatic N) is 3. The van der Waals surface area contributed by atoms with Crippen molar-refractivity contribution in [1.29, 1.82) is 0 Å². The Bertz CT molecular complexity index is 322. The molecule has 1 rings (SSSR count). The predicted octanol–water partition coefficient (Wildman–Crippen LogP) is 2.66. The van der Waals surface area contributed by atoms with E-state index in [0.717, 1.165) is 44.7 Å². The zero-order chi connectivity index (χ0) is 16.4. The van der Waals surface area contributed by atoms with Gasteiger partial charge in [0.2, 0.25) is 0 Å². The molecule has 0 aromatic rings. The Labute approximate surface area is 160 Å². The summed E-state index contributed by atoms with van der Waals surface area (Å²) in [6.07, 6.45) is 5.09. The van der Waals surface area contributed by atoms with Crippen LogP contribution in [0.15, 0.2) is 4.99 Å². The predicted molar refractivity (Wildman–Crippen MR) is 110 cm³/mol. The summed E-state index contributed by atoms with van der Waals surface area (Å²) in [6.45, 7) is 9.22. The molecule has 0 amide bonds. The minimum absolute atomic E-state index is 0. The number of aliphatic imine (C=N–C) groups is 1. The van der Waals surface area contributed by atoms with Crippen LogP contribution in [0.3, 0.4) is 0 Å². The Balaban J connectivity index is 0.00000484. The lowest BCUT2D eigenvalue weighted by Crippen LogP contribution is -2.41. The number of likely N-dealkylation sites (N-methyl/N-ethyl adjacent to an activating group) is 1. The molecule has 23 heavy (non-hydrogen) atoms. The molecule has 5 nitrogen and oxygen atoms in total. The normalized spacial score (nSPS) is 15.0. The molecule has 1 saturated carbocycles. The first-order chi connectivity index (χ1) is 10.5. The van der Waals surface area contributed by atoms with Gasteiger partial charge in [-0.25, -0.2) is 0 Å². The molecule has 1 aliphatic rings. The van der Waals surface area contributed by atoms with E-state index in [4.69, 9.17) is 4.74 Å². The van der Waals surface area contributed by atoms with Crippen LogP contribution in [0.4, 0.5) is 0 Å². The van der Waals surface area contributed by atoms with E-state index in [0.29, 0.717) is 6.04 Å². The fourth-order valence-electron chi connectivity index (χ4n) is 2.17. The molecule has 1 N–H and O–H groups in total. The lowest BCUT2D eigenvalue weighted by molar-refractivity contribution is 0.115. The van der Waals surface area contributed by atoms with E-state index in [9.17, 15) is 0 Å². The first-order valence-electron chi connectivity index (χ1n) is 8.74. The summed E-state index contributed by atoms with van der Waals surface area (Å²) >= 11 is 0. The molecular weight excluding hydrogens is 403 g/mol. The van der Waals surface area contributed by atoms with E-state index >= 15 is 0 Å². The van der Waals surface area contributed by atoms with Crippen LogP contribution in [0, 0.1) is 5.92 Å². The fraction of sp³-hybridized carbons (Fsp3) is 0.941. The Kier molecular flexibility index (Phi) is 13.2. The lowest BCUT2D eigenvalue weighted by Gasteiger charge is -2.23. The van der Waals surface area contributed by atoms with Crippen LogP contribution in [0.2, 0.25) is 0 Å². The molecule has 6 heteroatoms. The molecule has 0 heterocycles. The highest BCUT2D eigenvalue weighted by Gasteiger charge is 2.21. The Hall–Kier alpha value is -0.0800. The van der Waals surface area contributed by atoms with Gasteiger partial charge in [-0.05, 0) is 59.0 Å². The molecule has 0 aromatic heterocycles. The van der Waals surface area contributed by atoms with E-state index < -0.39 is 0 Å². The van der Waals surface area contributed by atoms with Crippen molar-refractivity contribution in [1.82, 2.24) is 15.1 Å². The van der Waals surface area contributed by atoms with E-state index in [1.165, 1.54) is 25.7 Å². The maximum Gasteiger partial charge on any atom is 0.193 e. The van der Waals surface area contributed by atoms with Crippen LogP contribution in [0.25, 0.3) is 0 Å². The van der Waals surface area contributed by atoms with Crippen LogP contribution >= 0.6 is 24.0 Å². The second-order valence-electron chi connectivity index (χ2n) is 6.70. The standard InChI is InChI=1S/C17H36N4O.HI/c1-15(2)20(4)11-7-6-10-19-17(18-3)21(5)12-13-22-14-16-8-9-16;/h15-16H,6-14H2,1-5H3,(H,18,19);1H. The van der Waals surface area contributed by atoms with Gasteiger partial charge in [-0.1, -0.05) is 0 Å². The van der Waals surface area contributed by atoms with E-state index in [-0.39, 0.29) is 24.0 Å². The highest BCUT2D eigenvalue weighted by atomic mass is 127. The Morgan fingerprint density at radius 1 is 1.22 bits per heavy atom. The van der Waals surface area contributed by atoms with Crippen LogP contribution in [-0.2, 0) is 4.74 Å². The summed E-state index contributed by atoms with van der Waals surface area (Å²) < 4.78 is 5.68. The monoisotopic (exact) mass is 440 g/mol. The molecule has 0 bridgehead atoms. The summed E-state index contributed by atoms with van der Waals surface area (Å²) in [5.74, 6) is 1.80. The molecule has 0 aromatic carbocycles. The van der Waals surface area contributed by atoms with Crippen molar-refractivity contribution >= 4 is 29.9 Å². The average molecular weight is 440 g/mol. The van der Waals surface area contributed by atoms with Gasteiger partial charge in [0.1, 0.15) is 0 Å². The van der Waals surface area contributed by atoms with Gasteiger partial charge in [0.15, 0.2) is 5.96 Å². The average Bonchev–Trinajstić information content (AvgIpc) is 3.31. The van der Waals surface area contributed by atoms with Crippen molar-refractivity contribution in [2.75, 3.05) is 54.0 Å². The number of nitrogens with one attached hydrogen (secondary N) is 1. The van der Waals surface area contributed by atoms with Crippen molar-refractivity contribution in [3.63, 3.8) is 0 Å². The van der Waals surface area contributed by atoms with Gasteiger partial charge in [-0.15, -0.1) is 24.0 Å². The van der Waals surface area contributed by atoms with Crippen molar-refractivity contribution in [2.24, 2.45) is 10.9 Å². The van der Waals surface area contributed by atoms with Crippen molar-refractivity contribution in [2.45, 2.75) is 45.6 Å². The Morgan fingerprint density at radius 3 is 2.48 bits per heavy atom. The molecule has 1 aliphatic carbocycles. The summed E-state index contributed by atoms with van der Waals surface area (Å²) in [5, 5.41) is 3.44. The molecule has 0 radical (unpaired) electrons. The summed E-state index contributed by atoms with van der Waals surface area (Å²) in [4.78, 5) is 8.87. The second-order valence-corrected chi connectivity index (χ2v) is 6.70. The summed E-state index contributed by atoms with van der Waals surface area (Å²) in [7, 11) is 6.10. The number of halogens is 1. The van der Waals surface area contributed by atoms with Gasteiger partial charge in [0.05, 0.1) is 6.61 Å². The van der Waals surface area contributed by atoms with Crippen LogP contribution in [0.5, 0.6) is 0 Å². The summed E-state index contributed by atoms with van der Waals surface area (Å²) in [6, 6.07) is 0.627. The molecule has 0 atom stereocenters. The quantitative estimate of drug-likeness (QED) is 0.232. The first kappa shape index (κ1) is 22.9. The van der Waals surface area contributed by atoms with Gasteiger partial charge >= 0.3 is 0 Å². The van der Waals surface area contributed by atoms with Crippen molar-refractivity contribution in [3.8, 4) is 0 Å². The first-order valence-corrected chi connectivity index (χ1v) is 8.74. The minimum atomic E-state index is 0. The smallest absolute Gasteiger partial charge is 0.193 e. The number of hydrogen-bond acceptors (Lipinski definition) is 3. The summed E-state index contributed by atoms with van der Waals surface area (Å²) in [5.41, 5.74) is 0. The number of rotatable bonds is 11. The molecule has 0 spiro atoms. The number of ether oxygens (including phenoxy) is 1. The van der Waals surface area contributed by atoms with Gasteiger partial charge in [0.25, 0.3) is 0 Å². The van der Waals surface area contributed by atoms with Crippen LogP contribution in [-0.4, -0.2) is 75.8 Å². The van der Waals surface area contributed by atoms with Gasteiger partial charge in [-0.3, -0.25) is 4.99 Å². The number of guanidine groups is 1. The molecule has 138 valence electrons. The highest BCUT2D eigenvalue weighted by Crippen LogP contribution is 2.28. The van der Waals surface area contributed by atoms with E-state index in [1.54, 1.807) is 0 Å². The fourth-order valence-corrected chi connectivity index (χ4v) is 2.17. The topological polar surface area (TPSA) is 40.1 Å². The largest absolute Gasteiger partial charge is 0.379 e. The van der Waals surface area contributed by atoms with Gasteiger partial charge in [-0.2, -0.15) is 0 Å². The zero-order valence-corrected chi connectivity index (χ0v) is 18.0. The van der Waals surface area contributed by atoms with Gasteiger partial charge in [0, 0.05) is 39.8 Å². The maximum atomic E-state index is 5.68. The minimum Gasteiger partial charge on any atom is -0.379 e. The zero-order valence-electron chi connectivity index (χ0n) is 15.7. The SMILES string of the molecule is CN=C(NCCCCN(C)C(C)C)N(C)CCOCC1CC1.I. The van der Waals surface area contributed by atoms with Crippen molar-refractivity contribution in [3.05, 3.63) is 0 Å². The molecular formula is C17H37IN4O. The lowest BCUT2D eigenvalue weighted by atomic mass is 10.2.